The summed E-state index contributed by atoms with van der Waals surface area (Å²) in [6.45, 7) is 0.527. The molecule has 4 fully saturated rings. The van der Waals surface area contributed by atoms with E-state index in [4.69, 9.17) is 16.0 Å². The minimum atomic E-state index is -4.55. The van der Waals surface area contributed by atoms with E-state index in [1.54, 1.807) is 12.1 Å². The number of alkyl halides is 3. The van der Waals surface area contributed by atoms with Gasteiger partial charge in [-0.2, -0.15) is 18.3 Å². The molecule has 3 heterocycles. The Balaban J connectivity index is 1.24. The molecule has 2 aromatic rings. The van der Waals surface area contributed by atoms with Gasteiger partial charge in [0.05, 0.1) is 12.3 Å². The van der Waals surface area contributed by atoms with Crippen molar-refractivity contribution in [1.82, 2.24) is 15.1 Å². The molecule has 7 rings (SSSR count). The molecule has 4 aliphatic carbocycles. The smallest absolute Gasteiger partial charge is 0.410 e. The molecule has 0 radical (unpaired) electrons. The first kappa shape index (κ1) is 21.4. The number of halogens is 4. The molecule has 2 aromatic heterocycles. The maximum atomic E-state index is 13.9. The van der Waals surface area contributed by atoms with Gasteiger partial charge in [-0.15, -0.1) is 0 Å². The second-order valence-electron chi connectivity index (χ2n) is 10.6. The number of hydrogen-bond donors (Lipinski definition) is 2. The van der Waals surface area contributed by atoms with Crippen molar-refractivity contribution >= 4 is 23.3 Å². The SMILES string of the molecule is O=C(NCC12CC3CC(CC(C3)C1)C2)c1nn2c(c1Cl)N[C@H](c1ccco1)C[C@@H]2C(F)(F)F. The minimum absolute atomic E-state index is 0.00778. The van der Waals surface area contributed by atoms with Crippen LogP contribution in [0, 0.1) is 23.2 Å². The van der Waals surface area contributed by atoms with Gasteiger partial charge in [0.15, 0.2) is 11.7 Å². The lowest BCUT2D eigenvalue weighted by Crippen LogP contribution is -2.51. The zero-order chi connectivity index (χ0) is 23.0. The molecule has 2 N–H and O–H groups in total. The number of fused-ring (bicyclic) bond motifs is 1. The Labute approximate surface area is 194 Å². The van der Waals surface area contributed by atoms with Crippen LogP contribution in [-0.2, 0) is 0 Å². The van der Waals surface area contributed by atoms with Gasteiger partial charge in [-0.3, -0.25) is 4.79 Å². The molecular formula is C23H26ClF3N4O2. The summed E-state index contributed by atoms with van der Waals surface area (Å²) in [7, 11) is 0. The van der Waals surface area contributed by atoms with Gasteiger partial charge in [0.25, 0.3) is 5.91 Å². The van der Waals surface area contributed by atoms with E-state index in [0.717, 1.165) is 41.7 Å². The minimum Gasteiger partial charge on any atom is -0.467 e. The third-order valence-corrected chi connectivity index (χ3v) is 8.54. The quantitative estimate of drug-likeness (QED) is 0.583. The second kappa shape index (κ2) is 7.42. The van der Waals surface area contributed by atoms with Crippen molar-refractivity contribution in [2.75, 3.05) is 11.9 Å². The van der Waals surface area contributed by atoms with Gasteiger partial charge in [0.1, 0.15) is 16.6 Å². The van der Waals surface area contributed by atoms with Crippen LogP contribution in [0.5, 0.6) is 0 Å². The first-order valence-electron chi connectivity index (χ1n) is 11.6. The number of nitrogens with one attached hydrogen (secondary N) is 2. The van der Waals surface area contributed by atoms with Gasteiger partial charge in [-0.05, 0) is 73.8 Å². The number of hydrogen-bond acceptors (Lipinski definition) is 4. The zero-order valence-electron chi connectivity index (χ0n) is 18.0. The number of amides is 1. The Morgan fingerprint density at radius 3 is 2.45 bits per heavy atom. The number of rotatable bonds is 4. The molecule has 0 aromatic carbocycles. The molecule has 4 saturated carbocycles. The number of aromatic nitrogens is 2. The van der Waals surface area contributed by atoms with Crippen LogP contribution in [0.1, 0.15) is 73.3 Å². The number of furan rings is 1. The Bertz CT molecular complexity index is 1030. The standard InChI is InChI=1S/C23H26ClF3N4O2/c24-18-19(21(32)28-11-22-8-12-4-13(9-22)6-14(5-12)10-22)30-31-17(23(25,26)27)7-15(29-20(18)31)16-2-1-3-33-16/h1-3,12-15,17,29H,4-11H2,(H,28,32)/t12?,13?,14?,15-,17+,22?/m0/s1. The van der Waals surface area contributed by atoms with Gasteiger partial charge in [0, 0.05) is 13.0 Å². The predicted octanol–water partition coefficient (Wildman–Crippen LogP) is 5.74. The zero-order valence-corrected chi connectivity index (χ0v) is 18.8. The maximum Gasteiger partial charge on any atom is 0.410 e. The fourth-order valence-corrected chi connectivity index (χ4v) is 7.53. The third kappa shape index (κ3) is 3.63. The van der Waals surface area contributed by atoms with Gasteiger partial charge in [0.2, 0.25) is 0 Å². The van der Waals surface area contributed by atoms with E-state index in [2.05, 4.69) is 15.7 Å². The van der Waals surface area contributed by atoms with Crippen LogP contribution in [0.3, 0.4) is 0 Å². The second-order valence-corrected chi connectivity index (χ2v) is 10.9. The summed E-state index contributed by atoms with van der Waals surface area (Å²) in [6.07, 6.45) is 3.81. The lowest BCUT2D eigenvalue weighted by atomic mass is 9.49. The molecule has 1 aliphatic heterocycles. The van der Waals surface area contributed by atoms with Crippen molar-refractivity contribution in [3.63, 3.8) is 0 Å². The summed E-state index contributed by atoms with van der Waals surface area (Å²) >= 11 is 6.43. The highest BCUT2D eigenvalue weighted by molar-refractivity contribution is 6.36. The molecule has 2 atom stereocenters. The molecular weight excluding hydrogens is 457 g/mol. The number of nitrogens with zero attached hydrogens (tertiary/aromatic N) is 2. The number of carbonyl (C=O) groups excluding carboxylic acids is 1. The third-order valence-electron chi connectivity index (χ3n) is 8.19. The van der Waals surface area contributed by atoms with Crippen molar-refractivity contribution in [2.45, 2.75) is 63.2 Å². The lowest BCUT2D eigenvalue weighted by Gasteiger charge is -2.56. The van der Waals surface area contributed by atoms with Crippen molar-refractivity contribution in [3.05, 3.63) is 34.9 Å². The molecule has 33 heavy (non-hydrogen) atoms. The van der Waals surface area contributed by atoms with Crippen molar-refractivity contribution in [2.24, 2.45) is 23.2 Å². The predicted molar refractivity (Wildman–Crippen MR) is 115 cm³/mol. The Morgan fingerprint density at radius 1 is 1.21 bits per heavy atom. The molecule has 6 nitrogen and oxygen atoms in total. The van der Waals surface area contributed by atoms with E-state index < -0.39 is 24.2 Å². The normalized spacial score (nSPS) is 34.7. The molecule has 10 heteroatoms. The molecule has 0 saturated heterocycles. The lowest BCUT2D eigenvalue weighted by molar-refractivity contribution is -0.174. The van der Waals surface area contributed by atoms with E-state index in [9.17, 15) is 18.0 Å². The molecule has 4 bridgehead atoms. The van der Waals surface area contributed by atoms with Crippen LogP contribution < -0.4 is 10.6 Å². The summed E-state index contributed by atoms with van der Waals surface area (Å²) in [5.41, 5.74) is -0.0638. The van der Waals surface area contributed by atoms with Crippen LogP contribution in [0.4, 0.5) is 19.0 Å². The molecule has 0 unspecified atom stereocenters. The van der Waals surface area contributed by atoms with Gasteiger partial charge in [-0.25, -0.2) is 4.68 Å². The van der Waals surface area contributed by atoms with Crippen LogP contribution >= 0.6 is 11.6 Å². The van der Waals surface area contributed by atoms with Crippen LogP contribution in [0.15, 0.2) is 22.8 Å². The number of carbonyl (C=O) groups is 1. The average Bonchev–Trinajstić information content (AvgIpc) is 3.38. The molecule has 0 spiro atoms. The Kier molecular flexibility index (Phi) is 4.81. The van der Waals surface area contributed by atoms with E-state index in [1.165, 1.54) is 25.5 Å². The Morgan fingerprint density at radius 2 is 1.88 bits per heavy atom. The maximum absolute atomic E-state index is 13.9. The van der Waals surface area contributed by atoms with Crippen LogP contribution in [-0.4, -0.2) is 28.4 Å². The van der Waals surface area contributed by atoms with E-state index in [1.807, 2.05) is 0 Å². The summed E-state index contributed by atoms with van der Waals surface area (Å²) in [5, 5.41) is 9.91. The summed E-state index contributed by atoms with van der Waals surface area (Å²) < 4.78 is 47.8. The van der Waals surface area contributed by atoms with Crippen molar-refractivity contribution < 1.29 is 22.4 Å². The highest BCUT2D eigenvalue weighted by Crippen LogP contribution is 2.59. The van der Waals surface area contributed by atoms with Crippen molar-refractivity contribution in [3.8, 4) is 0 Å². The summed E-state index contributed by atoms with van der Waals surface area (Å²) in [5.74, 6) is 2.08. The molecule has 1 amide bonds. The van der Waals surface area contributed by atoms with Crippen molar-refractivity contribution in [1.29, 1.82) is 0 Å². The highest BCUT2D eigenvalue weighted by Gasteiger charge is 2.51. The first-order valence-corrected chi connectivity index (χ1v) is 12.0. The summed E-state index contributed by atoms with van der Waals surface area (Å²) in [4.78, 5) is 13.0. The molecule has 178 valence electrons. The number of anilines is 1. The monoisotopic (exact) mass is 482 g/mol. The van der Waals surface area contributed by atoms with Crippen LogP contribution in [0.25, 0.3) is 0 Å². The topological polar surface area (TPSA) is 72.1 Å². The largest absolute Gasteiger partial charge is 0.467 e. The fraction of sp³-hybridized carbons (Fsp3) is 0.652. The van der Waals surface area contributed by atoms with Gasteiger partial charge < -0.3 is 15.1 Å². The van der Waals surface area contributed by atoms with E-state index in [0.29, 0.717) is 12.3 Å². The average molecular weight is 483 g/mol. The first-order chi connectivity index (χ1) is 15.7. The van der Waals surface area contributed by atoms with Gasteiger partial charge in [-0.1, -0.05) is 11.6 Å². The van der Waals surface area contributed by atoms with Crippen LogP contribution in [0.2, 0.25) is 5.02 Å². The van der Waals surface area contributed by atoms with E-state index >= 15 is 0 Å². The highest BCUT2D eigenvalue weighted by atomic mass is 35.5. The Hall–Kier alpha value is -2.16. The molecule has 5 aliphatic rings. The fourth-order valence-electron chi connectivity index (χ4n) is 7.27. The van der Waals surface area contributed by atoms with E-state index in [-0.39, 0.29) is 28.4 Å². The summed E-state index contributed by atoms with van der Waals surface area (Å²) in [6, 6.07) is 0.600. The van der Waals surface area contributed by atoms with Gasteiger partial charge >= 0.3 is 6.18 Å².